The predicted octanol–water partition coefficient (Wildman–Crippen LogP) is 5.16. The number of fused-ring (bicyclic) bond motifs is 5. The maximum Gasteiger partial charge on any atom is 0.220 e. The maximum absolute atomic E-state index is 13.5. The molecule has 4 atom stereocenters. The van der Waals surface area contributed by atoms with Crippen LogP contribution in [0.1, 0.15) is 69.0 Å². The van der Waals surface area contributed by atoms with E-state index in [1.807, 2.05) is 12.1 Å². The number of ether oxygens (including phenoxy) is 3. The number of hydrogen-bond acceptors (Lipinski definition) is 7. The number of benzene rings is 1. The van der Waals surface area contributed by atoms with Crippen molar-refractivity contribution in [2.45, 2.75) is 64.3 Å². The first-order valence-electron chi connectivity index (χ1n) is 15.8. The topological polar surface area (TPSA) is 115 Å². The van der Waals surface area contributed by atoms with Gasteiger partial charge in [0.25, 0.3) is 0 Å². The predicted molar refractivity (Wildman–Crippen MR) is 171 cm³/mol. The van der Waals surface area contributed by atoms with E-state index in [1.165, 1.54) is 19.8 Å². The number of methoxy groups -OCH3 is 3. The second kappa shape index (κ2) is 14.2. The van der Waals surface area contributed by atoms with Crippen LogP contribution in [0, 0.1) is 17.8 Å². The molecule has 1 fully saturated rings. The number of allylic oxidation sites excluding steroid dienone is 2. The Morgan fingerprint density at radius 2 is 1.77 bits per heavy atom. The molecule has 44 heavy (non-hydrogen) atoms. The summed E-state index contributed by atoms with van der Waals surface area (Å²) in [4.78, 5) is 38.0. The number of carbonyl (C=O) groups excluding carboxylic acids is 2. The summed E-state index contributed by atoms with van der Waals surface area (Å²) in [5.74, 6) is 3.48. The van der Waals surface area contributed by atoms with Crippen LogP contribution in [0.5, 0.6) is 17.2 Å². The number of hydrogen-bond donors (Lipinski definition) is 3. The smallest absolute Gasteiger partial charge is 0.220 e. The Hall–Kier alpha value is -4.01. The highest BCUT2D eigenvalue weighted by molar-refractivity contribution is 5.83. The SMILES string of the molecule is COc1cc2c(c(OC)c1OC)-c1ccc(NCCCCCC(=O)NC[C@@H]3C[C@H]4C=C[C@@H]3C4)c(=O)cc1[C@@H](NC(C)=O)CC2. The van der Waals surface area contributed by atoms with E-state index in [0.29, 0.717) is 60.6 Å². The molecular weight excluding hydrogens is 558 g/mol. The van der Waals surface area contributed by atoms with Crippen LogP contribution in [-0.2, 0) is 16.0 Å². The first kappa shape index (κ1) is 31.4. The fraction of sp³-hybridized carbons (Fsp3) is 0.514. The summed E-state index contributed by atoms with van der Waals surface area (Å²) in [6.07, 6.45) is 11.4. The molecule has 0 unspecified atom stereocenters. The maximum atomic E-state index is 13.5. The van der Waals surface area contributed by atoms with Crippen molar-refractivity contribution in [2.24, 2.45) is 17.8 Å². The fourth-order valence-corrected chi connectivity index (χ4v) is 7.13. The van der Waals surface area contributed by atoms with Crippen LogP contribution in [0.4, 0.5) is 5.69 Å². The van der Waals surface area contributed by atoms with Crippen LogP contribution in [0.3, 0.4) is 0 Å². The molecule has 0 spiro atoms. The van der Waals surface area contributed by atoms with Crippen molar-refractivity contribution >= 4 is 17.5 Å². The molecule has 3 N–H and O–H groups in total. The van der Waals surface area contributed by atoms with E-state index in [0.717, 1.165) is 54.0 Å². The van der Waals surface area contributed by atoms with E-state index in [4.69, 9.17) is 14.2 Å². The molecule has 0 saturated heterocycles. The van der Waals surface area contributed by atoms with Crippen molar-refractivity contribution < 1.29 is 23.8 Å². The lowest BCUT2D eigenvalue weighted by molar-refractivity contribution is -0.121. The van der Waals surface area contributed by atoms with E-state index in [1.54, 1.807) is 33.5 Å². The Kier molecular flexibility index (Phi) is 10.1. The number of anilines is 1. The Balaban J connectivity index is 1.25. The van der Waals surface area contributed by atoms with Gasteiger partial charge in [-0.3, -0.25) is 14.4 Å². The number of aryl methyl sites for hydroxylation is 1. The monoisotopic (exact) mass is 603 g/mol. The second-order valence-corrected chi connectivity index (χ2v) is 12.2. The van der Waals surface area contributed by atoms with Crippen LogP contribution in [-0.4, -0.2) is 46.2 Å². The highest BCUT2D eigenvalue weighted by atomic mass is 16.5. The summed E-state index contributed by atoms with van der Waals surface area (Å²) in [5.41, 5.74) is 3.67. The van der Waals surface area contributed by atoms with Gasteiger partial charge in [-0.2, -0.15) is 0 Å². The van der Waals surface area contributed by atoms with Gasteiger partial charge in [-0.15, -0.1) is 0 Å². The number of unbranched alkanes of at least 4 members (excludes halogenated alkanes) is 2. The molecule has 9 nitrogen and oxygen atoms in total. The van der Waals surface area contributed by atoms with Gasteiger partial charge in [0.2, 0.25) is 23.0 Å². The molecule has 3 aliphatic rings. The molecule has 236 valence electrons. The minimum atomic E-state index is -0.351. The molecule has 0 heterocycles. The highest BCUT2D eigenvalue weighted by Gasteiger charge is 2.35. The lowest BCUT2D eigenvalue weighted by atomic mass is 9.93. The molecule has 2 aromatic carbocycles. The van der Waals surface area contributed by atoms with E-state index in [-0.39, 0.29) is 23.3 Å². The van der Waals surface area contributed by atoms with Crippen molar-refractivity contribution in [3.05, 3.63) is 57.8 Å². The van der Waals surface area contributed by atoms with Crippen LogP contribution in [0.25, 0.3) is 11.1 Å². The Bertz CT molecular complexity index is 1470. The Morgan fingerprint density at radius 3 is 2.45 bits per heavy atom. The first-order valence-corrected chi connectivity index (χ1v) is 15.8. The van der Waals surface area contributed by atoms with Crippen molar-refractivity contribution in [1.82, 2.24) is 10.6 Å². The van der Waals surface area contributed by atoms with E-state index in [9.17, 15) is 14.4 Å². The normalized spacial score (nSPS) is 21.1. The molecule has 0 radical (unpaired) electrons. The van der Waals surface area contributed by atoms with Gasteiger partial charge in [0.15, 0.2) is 11.5 Å². The Morgan fingerprint density at radius 1 is 0.955 bits per heavy atom. The summed E-state index contributed by atoms with van der Waals surface area (Å²) in [6.45, 7) is 2.88. The van der Waals surface area contributed by atoms with Crippen molar-refractivity contribution in [2.75, 3.05) is 39.7 Å². The van der Waals surface area contributed by atoms with Gasteiger partial charge in [0.05, 0.1) is 33.1 Å². The number of rotatable bonds is 13. The average Bonchev–Trinajstić information content (AvgIpc) is 3.57. The van der Waals surface area contributed by atoms with Gasteiger partial charge in [-0.1, -0.05) is 24.6 Å². The highest BCUT2D eigenvalue weighted by Crippen LogP contribution is 2.50. The van der Waals surface area contributed by atoms with Gasteiger partial charge >= 0.3 is 0 Å². The summed E-state index contributed by atoms with van der Waals surface area (Å²) in [5, 5.41) is 9.47. The summed E-state index contributed by atoms with van der Waals surface area (Å²) in [7, 11) is 4.74. The van der Waals surface area contributed by atoms with Crippen molar-refractivity contribution in [3.63, 3.8) is 0 Å². The third-order valence-corrected chi connectivity index (χ3v) is 9.29. The van der Waals surface area contributed by atoms with Crippen LogP contribution in [0.2, 0.25) is 0 Å². The quantitative estimate of drug-likeness (QED) is 0.214. The van der Waals surface area contributed by atoms with E-state index < -0.39 is 0 Å². The molecule has 2 bridgehead atoms. The molecule has 9 heteroatoms. The average molecular weight is 604 g/mol. The fourth-order valence-electron chi connectivity index (χ4n) is 7.13. The molecule has 3 aliphatic carbocycles. The molecule has 0 aliphatic heterocycles. The van der Waals surface area contributed by atoms with Crippen molar-refractivity contribution in [1.29, 1.82) is 0 Å². The third kappa shape index (κ3) is 6.87. The number of carbonyl (C=O) groups is 2. The minimum absolute atomic E-state index is 0.127. The van der Waals surface area contributed by atoms with Crippen LogP contribution >= 0.6 is 0 Å². The zero-order chi connectivity index (χ0) is 31.2. The summed E-state index contributed by atoms with van der Waals surface area (Å²) < 4.78 is 17.1. The number of nitrogens with one attached hydrogen (secondary N) is 3. The van der Waals surface area contributed by atoms with Gasteiger partial charge in [-0.25, -0.2) is 0 Å². The molecular formula is C35H45N3O6. The molecule has 5 rings (SSSR count). The molecule has 0 aromatic heterocycles. The number of amides is 2. The zero-order valence-corrected chi connectivity index (χ0v) is 26.3. The third-order valence-electron chi connectivity index (χ3n) is 9.29. The van der Waals surface area contributed by atoms with E-state index in [2.05, 4.69) is 28.1 Å². The summed E-state index contributed by atoms with van der Waals surface area (Å²) in [6, 6.07) is 6.94. The second-order valence-electron chi connectivity index (χ2n) is 12.2. The van der Waals surface area contributed by atoms with E-state index >= 15 is 0 Å². The largest absolute Gasteiger partial charge is 0.493 e. The zero-order valence-electron chi connectivity index (χ0n) is 26.3. The lowest BCUT2D eigenvalue weighted by Crippen LogP contribution is -2.30. The van der Waals surface area contributed by atoms with Crippen LogP contribution in [0.15, 0.2) is 41.2 Å². The standard InChI is InChI=1S/C35H45N3O6/c1-21(39)38-28-13-11-24-18-31(42-2)34(43-3)35(44-4)33(24)26-12-14-29(30(40)19-27(26)28)36-15-7-5-6-8-32(41)37-20-25-17-22-9-10-23(25)16-22/h9-10,12,14,18-19,22-23,25,28H,5-8,11,13,15-17,20H2,1-4H3,(H,36,40)(H,37,41)(H,38,39)/t22-,23+,25-,28-/m0/s1. The van der Waals surface area contributed by atoms with Crippen LogP contribution < -0.4 is 35.6 Å². The van der Waals surface area contributed by atoms with Gasteiger partial charge in [0.1, 0.15) is 0 Å². The summed E-state index contributed by atoms with van der Waals surface area (Å²) >= 11 is 0. The van der Waals surface area contributed by atoms with Crippen molar-refractivity contribution in [3.8, 4) is 28.4 Å². The molecule has 1 saturated carbocycles. The molecule has 2 amide bonds. The Labute approximate surface area is 259 Å². The molecule has 2 aromatic rings. The van der Waals surface area contributed by atoms with Gasteiger partial charge in [0, 0.05) is 32.0 Å². The lowest BCUT2D eigenvalue weighted by Gasteiger charge is -2.19. The van der Waals surface area contributed by atoms with Gasteiger partial charge in [-0.05, 0) is 91.2 Å². The minimum Gasteiger partial charge on any atom is -0.493 e. The van der Waals surface area contributed by atoms with Gasteiger partial charge < -0.3 is 30.2 Å². The first-order chi connectivity index (χ1) is 21.3.